The minimum Gasteiger partial charge on any atom is -0.481 e. The molecule has 2 fully saturated rings. The lowest BCUT2D eigenvalue weighted by molar-refractivity contribution is -0.139. The van der Waals surface area contributed by atoms with Crippen LogP contribution in [0.2, 0.25) is 0 Å². The third-order valence-corrected chi connectivity index (χ3v) is 9.62. The maximum Gasteiger partial charge on any atom is 0.416 e. The summed E-state index contributed by atoms with van der Waals surface area (Å²) >= 11 is 0. The molecule has 0 radical (unpaired) electrons. The van der Waals surface area contributed by atoms with Gasteiger partial charge in [0.15, 0.2) is 0 Å². The Labute approximate surface area is 292 Å². The number of ether oxygens (including phenoxy) is 1. The number of carbonyl (C=O) groups excluding carboxylic acids is 1. The third-order valence-electron chi connectivity index (χ3n) is 9.62. The minimum absolute atomic E-state index is 0.00162. The summed E-state index contributed by atoms with van der Waals surface area (Å²) in [5.74, 6) is -4.12. The Bertz CT molecular complexity index is 2120. The standard InChI is InChI=1S/C36H33F6N5O5/c1-18-8-21-9-25(32(18)39)29(12-31(49)50)43-34(51)33(47-14-20(6-7-45-15-22(37)16-45)27(11-30(47)48)36(40,41)42)24-10-23(4-5-28(24)38)52-35-26(21)17-46(44-35)13-19-2-3-19/h4-5,8-11,14,17,19,22,29,33H,2-3,6-7,12-13,15-16H2,1H3,(H,43,51)(H,49,50)/t29-,33+/m1/s1. The number of aryl methyl sites for hydroxylation is 1. The summed E-state index contributed by atoms with van der Waals surface area (Å²) in [5, 5.41) is 16.9. The molecule has 0 spiro atoms. The van der Waals surface area contributed by atoms with Gasteiger partial charge in [0.25, 0.3) is 5.56 Å². The van der Waals surface area contributed by atoms with Gasteiger partial charge in [-0.05, 0) is 79.1 Å². The molecule has 2 aromatic carbocycles. The Morgan fingerprint density at radius 3 is 2.48 bits per heavy atom. The highest BCUT2D eigenvalue weighted by atomic mass is 19.4. The molecule has 2 N–H and O–H groups in total. The van der Waals surface area contributed by atoms with Gasteiger partial charge in [-0.25, -0.2) is 13.2 Å². The van der Waals surface area contributed by atoms with Crippen molar-refractivity contribution in [2.24, 2.45) is 5.92 Å². The molecule has 16 heteroatoms. The van der Waals surface area contributed by atoms with E-state index in [9.17, 15) is 37.1 Å². The summed E-state index contributed by atoms with van der Waals surface area (Å²) in [4.78, 5) is 41.5. The topological polar surface area (TPSA) is 119 Å². The molecule has 4 aromatic rings. The van der Waals surface area contributed by atoms with E-state index in [-0.39, 0.29) is 48.8 Å². The predicted molar refractivity (Wildman–Crippen MR) is 174 cm³/mol. The Hall–Kier alpha value is -5.12. The van der Waals surface area contributed by atoms with Gasteiger partial charge in [0.1, 0.15) is 29.6 Å². The number of amides is 1. The van der Waals surface area contributed by atoms with Crippen LogP contribution in [0.15, 0.2) is 53.6 Å². The molecule has 2 atom stereocenters. The number of nitrogens with one attached hydrogen (secondary N) is 1. The number of carboxylic acids is 1. The van der Waals surface area contributed by atoms with E-state index in [4.69, 9.17) is 4.74 Å². The molecule has 1 saturated carbocycles. The largest absolute Gasteiger partial charge is 0.481 e. The van der Waals surface area contributed by atoms with E-state index < -0.39 is 76.6 Å². The van der Waals surface area contributed by atoms with E-state index in [2.05, 4.69) is 10.4 Å². The van der Waals surface area contributed by atoms with Crippen LogP contribution in [0.3, 0.4) is 0 Å². The molecular formula is C36H33F6N5O5. The van der Waals surface area contributed by atoms with E-state index in [0.717, 1.165) is 31.2 Å². The van der Waals surface area contributed by atoms with Crippen LogP contribution in [0.25, 0.3) is 11.1 Å². The van der Waals surface area contributed by atoms with E-state index in [0.29, 0.717) is 34.2 Å². The monoisotopic (exact) mass is 729 g/mol. The van der Waals surface area contributed by atoms with E-state index in [1.54, 1.807) is 15.8 Å². The second-order valence-corrected chi connectivity index (χ2v) is 13.6. The molecule has 4 bridgehead atoms. The summed E-state index contributed by atoms with van der Waals surface area (Å²) in [6.07, 6.45) is -2.73. The number of benzene rings is 2. The fourth-order valence-corrected chi connectivity index (χ4v) is 6.75. The van der Waals surface area contributed by atoms with Gasteiger partial charge >= 0.3 is 12.1 Å². The van der Waals surface area contributed by atoms with Gasteiger partial charge in [0, 0.05) is 55.8 Å². The van der Waals surface area contributed by atoms with Crippen molar-refractivity contribution < 1.29 is 45.8 Å². The van der Waals surface area contributed by atoms with E-state index in [1.807, 2.05) is 0 Å². The molecule has 1 amide bonds. The summed E-state index contributed by atoms with van der Waals surface area (Å²) in [6, 6.07) is 2.89. The Morgan fingerprint density at radius 1 is 1.06 bits per heavy atom. The molecule has 2 aromatic heterocycles. The minimum atomic E-state index is -4.98. The predicted octanol–water partition coefficient (Wildman–Crippen LogP) is 5.95. The average Bonchev–Trinajstić information content (AvgIpc) is 3.78. The van der Waals surface area contributed by atoms with Gasteiger partial charge < -0.3 is 15.2 Å². The number of halogens is 6. The van der Waals surface area contributed by atoms with Crippen LogP contribution in [0.5, 0.6) is 11.6 Å². The summed E-state index contributed by atoms with van der Waals surface area (Å²) in [6.45, 7) is 2.05. The number of rotatable bonds is 8. The van der Waals surface area contributed by atoms with Crippen molar-refractivity contribution >= 4 is 11.9 Å². The number of hydrogen-bond acceptors (Lipinski definition) is 6. The van der Waals surface area contributed by atoms with E-state index in [1.165, 1.54) is 25.1 Å². The zero-order valence-electron chi connectivity index (χ0n) is 27.7. The quantitative estimate of drug-likeness (QED) is 0.215. The normalized spacial score (nSPS) is 19.4. The number of fused-ring (bicyclic) bond motifs is 6. The van der Waals surface area contributed by atoms with Crippen LogP contribution in [-0.4, -0.2) is 62.0 Å². The first-order chi connectivity index (χ1) is 24.6. The summed E-state index contributed by atoms with van der Waals surface area (Å²) in [7, 11) is 0. The first-order valence-corrected chi connectivity index (χ1v) is 16.7. The number of carboxylic acid groups (broad SMARTS) is 1. The lowest BCUT2D eigenvalue weighted by Gasteiger charge is -2.34. The van der Waals surface area contributed by atoms with Crippen molar-refractivity contribution in [3.63, 3.8) is 0 Å². The highest BCUT2D eigenvalue weighted by Crippen LogP contribution is 2.40. The zero-order chi connectivity index (χ0) is 37.1. The first-order valence-electron chi connectivity index (χ1n) is 16.7. The van der Waals surface area contributed by atoms with Gasteiger partial charge in [0.05, 0.1) is 23.6 Å². The van der Waals surface area contributed by atoms with Crippen LogP contribution in [0.1, 0.15) is 59.2 Å². The van der Waals surface area contributed by atoms with Crippen LogP contribution in [0.4, 0.5) is 26.3 Å². The molecule has 2 aliphatic heterocycles. The highest BCUT2D eigenvalue weighted by molar-refractivity contribution is 5.85. The number of likely N-dealkylation sites (tertiary alicyclic amines) is 1. The van der Waals surface area contributed by atoms with Crippen LogP contribution < -0.4 is 15.6 Å². The van der Waals surface area contributed by atoms with Gasteiger partial charge in [-0.15, -0.1) is 5.10 Å². The van der Waals surface area contributed by atoms with Gasteiger partial charge in [-0.3, -0.25) is 28.5 Å². The Morgan fingerprint density at radius 2 is 1.81 bits per heavy atom. The number of carbonyl (C=O) groups is 2. The van der Waals surface area contributed by atoms with E-state index >= 15 is 8.78 Å². The molecule has 52 heavy (non-hydrogen) atoms. The molecule has 1 aliphatic carbocycles. The number of pyridine rings is 1. The molecule has 10 nitrogen and oxygen atoms in total. The summed E-state index contributed by atoms with van der Waals surface area (Å²) < 4.78 is 96.3. The number of aliphatic carboxylic acids is 1. The fourth-order valence-electron chi connectivity index (χ4n) is 6.75. The number of aromatic nitrogens is 3. The smallest absolute Gasteiger partial charge is 0.416 e. The zero-order valence-corrected chi connectivity index (χ0v) is 27.7. The van der Waals surface area contributed by atoms with Crippen molar-refractivity contribution in [3.05, 3.63) is 98.6 Å². The van der Waals surface area contributed by atoms with Crippen LogP contribution >= 0.6 is 0 Å². The first kappa shape index (κ1) is 35.3. The lowest BCUT2D eigenvalue weighted by atomic mass is 9.94. The number of hydrogen-bond donors (Lipinski definition) is 2. The molecule has 1 saturated heterocycles. The second kappa shape index (κ2) is 13.5. The van der Waals surface area contributed by atoms with Crippen molar-refractivity contribution in [1.82, 2.24) is 24.6 Å². The molecule has 274 valence electrons. The van der Waals surface area contributed by atoms with Crippen molar-refractivity contribution in [2.75, 3.05) is 19.6 Å². The Kier molecular flexibility index (Phi) is 9.13. The molecular weight excluding hydrogens is 696 g/mol. The average molecular weight is 730 g/mol. The second-order valence-electron chi connectivity index (χ2n) is 13.6. The van der Waals surface area contributed by atoms with Gasteiger partial charge in [-0.1, -0.05) is 0 Å². The van der Waals surface area contributed by atoms with Crippen molar-refractivity contribution in [2.45, 2.75) is 63.6 Å². The Balaban J connectivity index is 1.41. The fraction of sp³-hybridized carbons (Fsp3) is 0.389. The number of nitrogens with zero attached hydrogens (tertiary/aromatic N) is 4. The molecule has 0 unspecified atom stereocenters. The van der Waals surface area contributed by atoms with Crippen LogP contribution in [0, 0.1) is 24.5 Å². The van der Waals surface area contributed by atoms with Gasteiger partial charge in [-0.2, -0.15) is 13.2 Å². The van der Waals surface area contributed by atoms with Crippen molar-refractivity contribution in [1.29, 1.82) is 0 Å². The SMILES string of the molecule is Cc1cc2cc(c1F)[C@@H](CC(=O)O)NC(=O)[C@@H](n1cc(CCN3CC(F)C3)c(C(F)(F)F)cc1=O)c1cc(ccc1F)Oc1nn(CC3CC3)cc1-2. The molecule has 3 aliphatic rings. The molecule has 7 rings (SSSR count). The van der Waals surface area contributed by atoms with Crippen molar-refractivity contribution in [3.8, 4) is 22.8 Å². The third kappa shape index (κ3) is 7.16. The maximum atomic E-state index is 15.9. The maximum absolute atomic E-state index is 15.9. The number of alkyl halides is 4. The molecule has 4 heterocycles. The highest BCUT2D eigenvalue weighted by Gasteiger charge is 2.38. The lowest BCUT2D eigenvalue weighted by Crippen LogP contribution is -2.49. The summed E-state index contributed by atoms with van der Waals surface area (Å²) in [5.41, 5.74) is -2.86. The van der Waals surface area contributed by atoms with Gasteiger partial charge in [0.2, 0.25) is 11.8 Å². The van der Waals surface area contributed by atoms with Crippen LogP contribution in [-0.2, 0) is 28.7 Å².